The first-order valence-electron chi connectivity index (χ1n) is 7.20. The van der Waals surface area contributed by atoms with Crippen molar-refractivity contribution in [3.05, 3.63) is 53.9 Å². The van der Waals surface area contributed by atoms with Gasteiger partial charge in [-0.25, -0.2) is 14.8 Å². The van der Waals surface area contributed by atoms with Crippen molar-refractivity contribution in [1.82, 2.24) is 9.97 Å². The van der Waals surface area contributed by atoms with Crippen LogP contribution < -0.4 is 16.2 Å². The van der Waals surface area contributed by atoms with E-state index in [4.69, 9.17) is 20.9 Å². The van der Waals surface area contributed by atoms with E-state index in [2.05, 4.69) is 9.97 Å². The molecule has 0 aliphatic heterocycles. The highest BCUT2D eigenvalue weighted by molar-refractivity contribution is 5.95. The molecule has 0 radical (unpaired) electrons. The molecule has 4 N–H and O–H groups in total. The van der Waals surface area contributed by atoms with Gasteiger partial charge in [0.25, 0.3) is 0 Å². The third-order valence-corrected chi connectivity index (χ3v) is 3.49. The quantitative estimate of drug-likeness (QED) is 0.558. The average Bonchev–Trinajstić information content (AvgIpc) is 2.59. The fourth-order valence-corrected chi connectivity index (χ4v) is 2.28. The standard InChI is InChI=1S/C17H16N4O3/c1-23-10-6-7-11(13(18)8-10)17(22)24-9-15-20-14-5-3-2-4-12(14)16(19)21-15/h2-8H,9,18H2,1H3,(H2,19,20,21). The van der Waals surface area contributed by atoms with Gasteiger partial charge < -0.3 is 20.9 Å². The van der Waals surface area contributed by atoms with E-state index in [0.29, 0.717) is 22.9 Å². The molecule has 0 saturated carbocycles. The van der Waals surface area contributed by atoms with Gasteiger partial charge in [0.1, 0.15) is 11.6 Å². The van der Waals surface area contributed by atoms with E-state index >= 15 is 0 Å². The molecule has 0 amide bonds. The SMILES string of the molecule is COc1ccc(C(=O)OCc2nc(N)c3ccccc3n2)c(N)c1. The minimum Gasteiger partial charge on any atom is -0.497 e. The predicted octanol–water partition coefficient (Wildman–Crippen LogP) is 2.16. The van der Waals surface area contributed by atoms with Crippen LogP contribution in [0.1, 0.15) is 16.2 Å². The lowest BCUT2D eigenvalue weighted by atomic mass is 10.2. The Labute approximate surface area is 138 Å². The van der Waals surface area contributed by atoms with Crippen LogP contribution in [0.15, 0.2) is 42.5 Å². The van der Waals surface area contributed by atoms with Gasteiger partial charge >= 0.3 is 5.97 Å². The molecule has 0 unspecified atom stereocenters. The Bertz CT molecular complexity index is 911. The van der Waals surface area contributed by atoms with Crippen molar-refractivity contribution in [3.63, 3.8) is 0 Å². The number of nitrogen functional groups attached to an aromatic ring is 2. The summed E-state index contributed by atoms with van der Waals surface area (Å²) in [7, 11) is 1.52. The van der Waals surface area contributed by atoms with Crippen LogP contribution in [0.3, 0.4) is 0 Å². The summed E-state index contributed by atoms with van der Waals surface area (Å²) < 4.78 is 10.3. The Morgan fingerprint density at radius 3 is 2.67 bits per heavy atom. The van der Waals surface area contributed by atoms with E-state index in [0.717, 1.165) is 5.39 Å². The Morgan fingerprint density at radius 1 is 1.12 bits per heavy atom. The van der Waals surface area contributed by atoms with Crippen molar-refractivity contribution in [2.24, 2.45) is 0 Å². The molecule has 0 bridgehead atoms. The number of rotatable bonds is 4. The van der Waals surface area contributed by atoms with Gasteiger partial charge in [-0.15, -0.1) is 0 Å². The number of nitrogens with two attached hydrogens (primary N) is 2. The molecule has 7 heteroatoms. The van der Waals surface area contributed by atoms with Gasteiger partial charge in [-0.05, 0) is 24.3 Å². The first-order valence-corrected chi connectivity index (χ1v) is 7.20. The predicted molar refractivity (Wildman–Crippen MR) is 90.5 cm³/mol. The molecule has 1 heterocycles. The Balaban J connectivity index is 1.77. The lowest BCUT2D eigenvalue weighted by molar-refractivity contribution is 0.0464. The van der Waals surface area contributed by atoms with Crippen LogP contribution in [-0.2, 0) is 11.3 Å². The number of para-hydroxylation sites is 1. The molecule has 122 valence electrons. The van der Waals surface area contributed by atoms with Crippen molar-refractivity contribution in [2.45, 2.75) is 6.61 Å². The number of esters is 1. The summed E-state index contributed by atoms with van der Waals surface area (Å²) in [5.41, 5.74) is 13.0. The van der Waals surface area contributed by atoms with Gasteiger partial charge in [0.2, 0.25) is 0 Å². The highest BCUT2D eigenvalue weighted by Crippen LogP contribution is 2.21. The molecule has 0 spiro atoms. The second-order valence-electron chi connectivity index (χ2n) is 5.07. The lowest BCUT2D eigenvalue weighted by Crippen LogP contribution is -2.10. The maximum atomic E-state index is 12.2. The summed E-state index contributed by atoms with van der Waals surface area (Å²) in [6.07, 6.45) is 0. The van der Waals surface area contributed by atoms with Crippen molar-refractivity contribution in [1.29, 1.82) is 0 Å². The number of hydrogen-bond acceptors (Lipinski definition) is 7. The molecule has 2 aromatic carbocycles. The Hall–Kier alpha value is -3.35. The van der Waals surface area contributed by atoms with Crippen molar-refractivity contribution >= 4 is 28.4 Å². The van der Waals surface area contributed by atoms with Gasteiger partial charge in [-0.3, -0.25) is 0 Å². The first kappa shape index (κ1) is 15.5. The van der Waals surface area contributed by atoms with E-state index in [1.54, 1.807) is 18.2 Å². The van der Waals surface area contributed by atoms with Crippen LogP contribution in [0.4, 0.5) is 11.5 Å². The average molecular weight is 324 g/mol. The van der Waals surface area contributed by atoms with Crippen LogP contribution in [0, 0.1) is 0 Å². The zero-order valence-corrected chi connectivity index (χ0v) is 13.0. The summed E-state index contributed by atoms with van der Waals surface area (Å²) in [6.45, 7) is -0.0979. The molecule has 24 heavy (non-hydrogen) atoms. The third kappa shape index (κ3) is 3.05. The first-order chi connectivity index (χ1) is 11.6. The normalized spacial score (nSPS) is 10.5. The number of benzene rings is 2. The second kappa shape index (κ2) is 6.41. The van der Waals surface area contributed by atoms with Crippen molar-refractivity contribution in [2.75, 3.05) is 18.6 Å². The van der Waals surface area contributed by atoms with Crippen LogP contribution in [0.5, 0.6) is 5.75 Å². The van der Waals surface area contributed by atoms with E-state index in [1.165, 1.54) is 7.11 Å². The highest BCUT2D eigenvalue weighted by atomic mass is 16.5. The van der Waals surface area contributed by atoms with Crippen LogP contribution >= 0.6 is 0 Å². The van der Waals surface area contributed by atoms with E-state index in [1.807, 2.05) is 24.3 Å². The summed E-state index contributed by atoms with van der Waals surface area (Å²) in [5, 5.41) is 0.756. The Morgan fingerprint density at radius 2 is 1.92 bits per heavy atom. The smallest absolute Gasteiger partial charge is 0.340 e. The Kier molecular flexibility index (Phi) is 4.15. The van der Waals surface area contributed by atoms with Gasteiger partial charge in [-0.1, -0.05) is 12.1 Å². The largest absolute Gasteiger partial charge is 0.497 e. The third-order valence-electron chi connectivity index (χ3n) is 3.49. The van der Waals surface area contributed by atoms with E-state index in [9.17, 15) is 4.79 Å². The maximum Gasteiger partial charge on any atom is 0.340 e. The molecular weight excluding hydrogens is 308 g/mol. The number of carbonyl (C=O) groups excluding carboxylic acids is 1. The second-order valence-corrected chi connectivity index (χ2v) is 5.07. The molecule has 7 nitrogen and oxygen atoms in total. The molecule has 1 aromatic heterocycles. The van der Waals surface area contributed by atoms with Gasteiger partial charge in [0.05, 0.1) is 18.2 Å². The molecule has 0 fully saturated rings. The van der Waals surface area contributed by atoms with Crippen molar-refractivity contribution < 1.29 is 14.3 Å². The van der Waals surface area contributed by atoms with Crippen molar-refractivity contribution in [3.8, 4) is 5.75 Å². The van der Waals surface area contributed by atoms with E-state index in [-0.39, 0.29) is 17.9 Å². The summed E-state index contributed by atoms with van der Waals surface area (Å²) in [5.74, 6) is 0.669. The molecule has 0 aliphatic rings. The molecule has 0 atom stereocenters. The minimum atomic E-state index is -0.564. The molecule has 3 aromatic rings. The number of aromatic nitrogens is 2. The van der Waals surface area contributed by atoms with Gasteiger partial charge in [0, 0.05) is 17.1 Å². The van der Waals surface area contributed by atoms with Crippen LogP contribution in [0.25, 0.3) is 10.9 Å². The molecule has 0 aliphatic carbocycles. The number of carbonyl (C=O) groups is 1. The molecule has 3 rings (SSSR count). The van der Waals surface area contributed by atoms with Crippen LogP contribution in [-0.4, -0.2) is 23.0 Å². The highest BCUT2D eigenvalue weighted by Gasteiger charge is 2.13. The maximum absolute atomic E-state index is 12.2. The summed E-state index contributed by atoms with van der Waals surface area (Å²) in [6, 6.07) is 12.1. The zero-order valence-electron chi connectivity index (χ0n) is 13.0. The van der Waals surface area contributed by atoms with Gasteiger partial charge in [-0.2, -0.15) is 0 Å². The number of fused-ring (bicyclic) bond motifs is 1. The number of methoxy groups -OCH3 is 1. The number of nitrogens with zero attached hydrogens (tertiary/aromatic N) is 2. The van der Waals surface area contributed by atoms with E-state index < -0.39 is 5.97 Å². The fraction of sp³-hybridized carbons (Fsp3) is 0.118. The topological polar surface area (TPSA) is 113 Å². The molecular formula is C17H16N4O3. The lowest BCUT2D eigenvalue weighted by Gasteiger charge is -2.09. The molecule has 0 saturated heterocycles. The summed E-state index contributed by atoms with van der Waals surface area (Å²) in [4.78, 5) is 20.6. The summed E-state index contributed by atoms with van der Waals surface area (Å²) >= 11 is 0. The number of hydrogen-bond donors (Lipinski definition) is 2. The van der Waals surface area contributed by atoms with Crippen LogP contribution in [0.2, 0.25) is 0 Å². The fourth-order valence-electron chi connectivity index (χ4n) is 2.28. The number of anilines is 2. The minimum absolute atomic E-state index is 0.0979. The number of ether oxygens (including phenoxy) is 2. The zero-order chi connectivity index (χ0) is 17.1. The monoisotopic (exact) mass is 324 g/mol. The van der Waals surface area contributed by atoms with Gasteiger partial charge in [0.15, 0.2) is 12.4 Å².